The molecule has 13 heavy (non-hydrogen) atoms. The summed E-state index contributed by atoms with van der Waals surface area (Å²) >= 11 is 0. The molecule has 2 aliphatic rings. The maximum absolute atomic E-state index is 11.5. The molecule has 72 valence electrons. The minimum absolute atomic E-state index is 0.249. The predicted octanol–water partition coefficient (Wildman–Crippen LogP) is 0.703. The van der Waals surface area contributed by atoms with E-state index in [0.717, 1.165) is 19.5 Å². The van der Waals surface area contributed by atoms with Gasteiger partial charge in [-0.25, -0.2) is 4.79 Å². The highest BCUT2D eigenvalue weighted by Gasteiger charge is 2.40. The monoisotopic (exact) mass is 182 g/mol. The molecule has 1 N–H and O–H groups in total. The standard InChI is InChI=1S/C9H14N2O2/c1-6(2)13-9(12)11-5-7-3-8(11)4-10-7/h7-8,10H,1,3-5H2,2H3/t7-,8-/m0/s1. The molecule has 2 atom stereocenters. The zero-order valence-electron chi connectivity index (χ0n) is 7.75. The van der Waals surface area contributed by atoms with E-state index in [0.29, 0.717) is 17.8 Å². The van der Waals surface area contributed by atoms with Gasteiger partial charge in [0.15, 0.2) is 0 Å². The van der Waals surface area contributed by atoms with Gasteiger partial charge in [-0.1, -0.05) is 6.58 Å². The Kier molecular flexibility index (Phi) is 2.00. The van der Waals surface area contributed by atoms with Gasteiger partial charge in [-0.2, -0.15) is 0 Å². The molecule has 4 nitrogen and oxygen atoms in total. The van der Waals surface area contributed by atoms with Crippen LogP contribution in [0.2, 0.25) is 0 Å². The molecule has 2 fully saturated rings. The lowest BCUT2D eigenvalue weighted by Gasteiger charge is -2.26. The number of nitrogens with zero attached hydrogens (tertiary/aromatic N) is 1. The van der Waals surface area contributed by atoms with E-state index in [4.69, 9.17) is 4.74 Å². The average molecular weight is 182 g/mol. The van der Waals surface area contributed by atoms with Crippen molar-refractivity contribution in [3.05, 3.63) is 12.3 Å². The van der Waals surface area contributed by atoms with Crippen LogP contribution in [0.25, 0.3) is 0 Å². The molecule has 2 heterocycles. The topological polar surface area (TPSA) is 41.6 Å². The summed E-state index contributed by atoms with van der Waals surface area (Å²) in [7, 11) is 0. The average Bonchev–Trinajstić information content (AvgIpc) is 2.62. The van der Waals surface area contributed by atoms with Gasteiger partial charge in [-0.05, 0) is 13.3 Å². The van der Waals surface area contributed by atoms with E-state index >= 15 is 0 Å². The minimum Gasteiger partial charge on any atom is -0.416 e. The highest BCUT2D eigenvalue weighted by Crippen LogP contribution is 2.24. The number of rotatable bonds is 1. The number of ether oxygens (including phenoxy) is 1. The molecule has 0 spiro atoms. The van der Waals surface area contributed by atoms with Crippen LogP contribution in [0.3, 0.4) is 0 Å². The summed E-state index contributed by atoms with van der Waals surface area (Å²) in [5, 5.41) is 3.32. The van der Waals surface area contributed by atoms with E-state index in [9.17, 15) is 4.79 Å². The largest absolute Gasteiger partial charge is 0.416 e. The highest BCUT2D eigenvalue weighted by molar-refractivity contribution is 5.70. The summed E-state index contributed by atoms with van der Waals surface area (Å²) in [6, 6.07) is 0.805. The third-order valence-corrected chi connectivity index (χ3v) is 2.55. The number of hydrogen-bond donors (Lipinski definition) is 1. The first-order valence-electron chi connectivity index (χ1n) is 4.54. The van der Waals surface area contributed by atoms with Crippen LogP contribution >= 0.6 is 0 Å². The van der Waals surface area contributed by atoms with Crippen molar-refractivity contribution in [3.63, 3.8) is 0 Å². The van der Waals surface area contributed by atoms with E-state index < -0.39 is 0 Å². The van der Waals surface area contributed by atoms with Crippen molar-refractivity contribution < 1.29 is 9.53 Å². The van der Waals surface area contributed by atoms with Gasteiger partial charge in [0.25, 0.3) is 0 Å². The quantitative estimate of drug-likeness (QED) is 0.607. The first kappa shape index (κ1) is 8.56. The SMILES string of the molecule is C=C(C)OC(=O)N1C[C@@H]2C[C@H]1CN2. The van der Waals surface area contributed by atoms with Crippen molar-refractivity contribution in [1.82, 2.24) is 10.2 Å². The smallest absolute Gasteiger partial charge is 0.415 e. The summed E-state index contributed by atoms with van der Waals surface area (Å²) < 4.78 is 4.95. The van der Waals surface area contributed by atoms with Gasteiger partial charge in [-0.15, -0.1) is 0 Å². The fourth-order valence-electron chi connectivity index (χ4n) is 1.99. The Morgan fingerprint density at radius 1 is 1.69 bits per heavy atom. The molecule has 1 amide bonds. The van der Waals surface area contributed by atoms with Crippen molar-refractivity contribution in [2.75, 3.05) is 13.1 Å². The van der Waals surface area contributed by atoms with Crippen LogP contribution in [0.5, 0.6) is 0 Å². The number of piperazine rings is 1. The molecule has 0 aromatic carbocycles. The lowest BCUT2D eigenvalue weighted by Crippen LogP contribution is -2.46. The van der Waals surface area contributed by atoms with Gasteiger partial charge in [0.05, 0.1) is 5.76 Å². The Morgan fingerprint density at radius 2 is 2.46 bits per heavy atom. The number of allylic oxidation sites excluding steroid dienone is 1. The first-order chi connectivity index (χ1) is 6.16. The summed E-state index contributed by atoms with van der Waals surface area (Å²) in [4.78, 5) is 13.2. The Labute approximate surface area is 77.5 Å². The van der Waals surface area contributed by atoms with Crippen LogP contribution in [0.15, 0.2) is 12.3 Å². The molecule has 2 bridgehead atoms. The second-order valence-corrected chi connectivity index (χ2v) is 3.72. The zero-order chi connectivity index (χ0) is 9.42. The lowest BCUT2D eigenvalue weighted by molar-refractivity contribution is 0.119. The van der Waals surface area contributed by atoms with Crippen molar-refractivity contribution in [2.24, 2.45) is 0 Å². The van der Waals surface area contributed by atoms with Crippen LogP contribution in [0, 0.1) is 0 Å². The molecule has 2 aliphatic heterocycles. The number of carbonyl (C=O) groups excluding carboxylic acids is 1. The van der Waals surface area contributed by atoms with Gasteiger partial charge in [0.2, 0.25) is 0 Å². The molecule has 0 unspecified atom stereocenters. The number of amides is 1. The summed E-state index contributed by atoms with van der Waals surface area (Å²) in [5.74, 6) is 0.459. The van der Waals surface area contributed by atoms with Crippen LogP contribution in [0.4, 0.5) is 4.79 Å². The maximum Gasteiger partial charge on any atom is 0.415 e. The molecule has 0 radical (unpaired) electrons. The fraction of sp³-hybridized carbons (Fsp3) is 0.667. The normalized spacial score (nSPS) is 30.7. The predicted molar refractivity (Wildman–Crippen MR) is 48.2 cm³/mol. The van der Waals surface area contributed by atoms with Gasteiger partial charge in [0.1, 0.15) is 0 Å². The Balaban J connectivity index is 1.95. The van der Waals surface area contributed by atoms with Crippen molar-refractivity contribution in [3.8, 4) is 0 Å². The van der Waals surface area contributed by atoms with E-state index in [1.54, 1.807) is 11.8 Å². The summed E-state index contributed by atoms with van der Waals surface area (Å²) in [5.41, 5.74) is 0. The van der Waals surface area contributed by atoms with Gasteiger partial charge >= 0.3 is 6.09 Å². The number of nitrogens with one attached hydrogen (secondary N) is 1. The van der Waals surface area contributed by atoms with Gasteiger partial charge in [0, 0.05) is 25.2 Å². The van der Waals surface area contributed by atoms with E-state index in [1.807, 2.05) is 0 Å². The van der Waals surface area contributed by atoms with Crippen LogP contribution in [0.1, 0.15) is 13.3 Å². The number of likely N-dealkylation sites (tertiary alicyclic amines) is 1. The van der Waals surface area contributed by atoms with Crippen molar-refractivity contribution in [1.29, 1.82) is 0 Å². The molecular formula is C9H14N2O2. The number of hydrogen-bond acceptors (Lipinski definition) is 3. The molecule has 0 saturated carbocycles. The first-order valence-corrected chi connectivity index (χ1v) is 4.54. The van der Waals surface area contributed by atoms with E-state index in [1.165, 1.54) is 0 Å². The molecule has 2 saturated heterocycles. The molecular weight excluding hydrogens is 168 g/mol. The second-order valence-electron chi connectivity index (χ2n) is 3.72. The van der Waals surface area contributed by atoms with Gasteiger partial charge < -0.3 is 15.0 Å². The summed E-state index contributed by atoms with van der Waals surface area (Å²) in [6.07, 6.45) is 0.812. The molecule has 0 aromatic heterocycles. The second kappa shape index (κ2) is 3.03. The highest BCUT2D eigenvalue weighted by atomic mass is 16.6. The van der Waals surface area contributed by atoms with Crippen molar-refractivity contribution >= 4 is 6.09 Å². The summed E-state index contributed by atoms with van der Waals surface area (Å²) in [6.45, 7) is 6.90. The minimum atomic E-state index is -0.249. The lowest BCUT2D eigenvalue weighted by atomic mass is 10.2. The number of carbonyl (C=O) groups is 1. The van der Waals surface area contributed by atoms with E-state index in [-0.39, 0.29) is 6.09 Å². The van der Waals surface area contributed by atoms with E-state index in [2.05, 4.69) is 11.9 Å². The van der Waals surface area contributed by atoms with Gasteiger partial charge in [-0.3, -0.25) is 0 Å². The molecule has 0 aromatic rings. The third kappa shape index (κ3) is 1.54. The third-order valence-electron chi connectivity index (χ3n) is 2.55. The Bertz CT molecular complexity index is 252. The number of fused-ring (bicyclic) bond motifs is 2. The Morgan fingerprint density at radius 3 is 2.92 bits per heavy atom. The van der Waals surface area contributed by atoms with Crippen LogP contribution in [-0.4, -0.2) is 36.2 Å². The van der Waals surface area contributed by atoms with Crippen LogP contribution in [-0.2, 0) is 4.74 Å². The Hall–Kier alpha value is -1.03. The van der Waals surface area contributed by atoms with Crippen molar-refractivity contribution in [2.45, 2.75) is 25.4 Å². The van der Waals surface area contributed by atoms with Crippen LogP contribution < -0.4 is 5.32 Å². The fourth-order valence-corrected chi connectivity index (χ4v) is 1.99. The zero-order valence-corrected chi connectivity index (χ0v) is 7.75. The molecule has 2 rings (SSSR count). The maximum atomic E-state index is 11.5. The molecule has 4 heteroatoms. The molecule has 0 aliphatic carbocycles.